The number of aliphatic hydroxyl groups is 2. The number of carbonyl (C=O) groups is 1. The minimum Gasteiger partial charge on any atom is -0.495 e. The fraction of sp³-hybridized carbons (Fsp3) is 0.611. The van der Waals surface area contributed by atoms with E-state index in [-0.39, 0.29) is 18.0 Å². The molecule has 6 nitrogen and oxygen atoms in total. The van der Waals surface area contributed by atoms with Crippen molar-refractivity contribution in [1.29, 1.82) is 0 Å². The van der Waals surface area contributed by atoms with Gasteiger partial charge in [-0.15, -0.1) is 0 Å². The summed E-state index contributed by atoms with van der Waals surface area (Å²) in [5, 5.41) is 20.9. The number of likely N-dealkylation sites (tertiary alicyclic amines) is 1. The van der Waals surface area contributed by atoms with Crippen LogP contribution in [-0.4, -0.2) is 66.5 Å². The number of likely N-dealkylation sites (N-methyl/N-ethyl adjacent to an activating group) is 1. The first-order valence-corrected chi connectivity index (χ1v) is 8.23. The summed E-state index contributed by atoms with van der Waals surface area (Å²) in [6.45, 7) is 0.764. The number of carbonyl (C=O) groups excluding carboxylic acids is 1. The fourth-order valence-electron chi connectivity index (χ4n) is 5.63. The monoisotopic (exact) mass is 333 g/mol. The molecule has 24 heavy (non-hydrogen) atoms. The third kappa shape index (κ3) is 1.38. The first-order valence-electron chi connectivity index (χ1n) is 8.23. The second kappa shape index (κ2) is 4.71. The molecule has 1 saturated heterocycles. The summed E-state index contributed by atoms with van der Waals surface area (Å²) >= 11 is 0. The highest BCUT2D eigenvalue weighted by atomic mass is 16.5. The Balaban J connectivity index is 2.01. The predicted molar refractivity (Wildman–Crippen MR) is 85.8 cm³/mol. The number of hydrogen-bond donors (Lipinski definition) is 2. The predicted octanol–water partition coefficient (Wildman–Crippen LogP) is 0.372. The summed E-state index contributed by atoms with van der Waals surface area (Å²) in [7, 11) is 5.02. The van der Waals surface area contributed by atoms with E-state index in [2.05, 4.69) is 4.90 Å². The van der Waals surface area contributed by atoms with E-state index in [1.54, 1.807) is 13.2 Å². The van der Waals surface area contributed by atoms with Crippen LogP contribution in [0.5, 0.6) is 0 Å². The summed E-state index contributed by atoms with van der Waals surface area (Å²) in [5.41, 5.74) is -2.03. The number of allylic oxidation sites excluding steroid dienone is 1. The van der Waals surface area contributed by atoms with Crippen molar-refractivity contribution in [2.75, 3.05) is 27.8 Å². The molecule has 4 rings (SSSR count). The van der Waals surface area contributed by atoms with E-state index in [0.29, 0.717) is 5.76 Å². The average molecular weight is 333 g/mol. The lowest BCUT2D eigenvalue weighted by Crippen LogP contribution is -2.61. The number of hydrogen-bond acceptors (Lipinski definition) is 6. The lowest BCUT2D eigenvalue weighted by molar-refractivity contribution is -0.132. The van der Waals surface area contributed by atoms with Crippen LogP contribution in [0.25, 0.3) is 0 Å². The van der Waals surface area contributed by atoms with Crippen molar-refractivity contribution >= 4 is 5.78 Å². The van der Waals surface area contributed by atoms with Crippen molar-refractivity contribution in [1.82, 2.24) is 4.90 Å². The van der Waals surface area contributed by atoms with Gasteiger partial charge in [0.1, 0.15) is 5.54 Å². The minimum absolute atomic E-state index is 0.120. The lowest BCUT2D eigenvalue weighted by Gasteiger charge is -2.53. The zero-order valence-electron chi connectivity index (χ0n) is 14.2. The second-order valence-electron chi connectivity index (χ2n) is 7.25. The fourth-order valence-corrected chi connectivity index (χ4v) is 5.63. The van der Waals surface area contributed by atoms with Gasteiger partial charge in [0, 0.05) is 17.3 Å². The SMILES string of the molecule is COC1=C(OC)[C@]23C=C[C@]4(C=C[C@@H](O)[C@H]4O)[C@]2(CCN3C)CC1=O. The Morgan fingerprint density at radius 2 is 1.96 bits per heavy atom. The normalized spacial score (nSPS) is 46.8. The van der Waals surface area contributed by atoms with Gasteiger partial charge in [0.2, 0.25) is 11.5 Å². The Morgan fingerprint density at radius 3 is 2.54 bits per heavy atom. The molecule has 0 amide bonds. The Hall–Kier alpha value is -1.63. The van der Waals surface area contributed by atoms with E-state index in [4.69, 9.17) is 9.47 Å². The molecule has 0 aromatic rings. The molecule has 130 valence electrons. The van der Waals surface area contributed by atoms with E-state index in [0.717, 1.165) is 13.0 Å². The maximum Gasteiger partial charge on any atom is 0.202 e. The van der Waals surface area contributed by atoms with Crippen molar-refractivity contribution in [2.45, 2.75) is 30.6 Å². The number of rotatable bonds is 2. The van der Waals surface area contributed by atoms with Crippen LogP contribution in [-0.2, 0) is 14.3 Å². The van der Waals surface area contributed by atoms with Crippen LogP contribution in [0.1, 0.15) is 12.8 Å². The molecule has 0 bridgehead atoms. The molecule has 6 heteroatoms. The highest BCUT2D eigenvalue weighted by molar-refractivity contribution is 5.97. The maximum atomic E-state index is 12.8. The largest absolute Gasteiger partial charge is 0.495 e. The molecule has 1 fully saturated rings. The van der Waals surface area contributed by atoms with Crippen LogP contribution in [0.4, 0.5) is 0 Å². The molecule has 4 aliphatic rings. The van der Waals surface area contributed by atoms with Crippen LogP contribution in [0.2, 0.25) is 0 Å². The van der Waals surface area contributed by atoms with Gasteiger partial charge in [0.05, 0.1) is 26.4 Å². The van der Waals surface area contributed by atoms with Crippen LogP contribution in [0.3, 0.4) is 0 Å². The van der Waals surface area contributed by atoms with Crippen molar-refractivity contribution in [3.05, 3.63) is 35.8 Å². The minimum atomic E-state index is -0.975. The Labute approximate surface area is 141 Å². The van der Waals surface area contributed by atoms with E-state index >= 15 is 0 Å². The lowest BCUT2D eigenvalue weighted by atomic mass is 9.52. The van der Waals surface area contributed by atoms with Gasteiger partial charge in [-0.3, -0.25) is 9.69 Å². The van der Waals surface area contributed by atoms with Crippen molar-refractivity contribution in [3.8, 4) is 0 Å². The van der Waals surface area contributed by atoms with E-state index in [1.807, 2.05) is 25.3 Å². The number of ether oxygens (including phenoxy) is 2. The Morgan fingerprint density at radius 1 is 1.21 bits per heavy atom. The third-order valence-electron chi connectivity index (χ3n) is 6.69. The standard InChI is InChI=1S/C18H23NO5/c1-19-9-8-17-10-12(21)13(23-2)15(24-3)18(17,19)7-6-16(17)5-4-11(20)14(16)22/h4-7,11,14,20,22H,8-10H2,1-3H3/t11-,14-,16+,17+,18-/m1/s1. The summed E-state index contributed by atoms with van der Waals surface area (Å²) in [5.74, 6) is 0.627. The van der Waals surface area contributed by atoms with Gasteiger partial charge in [-0.25, -0.2) is 0 Å². The van der Waals surface area contributed by atoms with Gasteiger partial charge in [-0.2, -0.15) is 0 Å². The average Bonchev–Trinajstić information content (AvgIpc) is 3.13. The molecule has 1 spiro atoms. The molecule has 0 saturated carbocycles. The van der Waals surface area contributed by atoms with Crippen molar-refractivity contribution in [2.24, 2.45) is 10.8 Å². The highest BCUT2D eigenvalue weighted by Gasteiger charge is 2.75. The molecule has 0 unspecified atom stereocenters. The molecule has 0 aromatic carbocycles. The Kier molecular flexibility index (Phi) is 3.12. The summed E-state index contributed by atoms with van der Waals surface area (Å²) < 4.78 is 11.1. The van der Waals surface area contributed by atoms with Gasteiger partial charge >= 0.3 is 0 Å². The molecule has 0 aromatic heterocycles. The van der Waals surface area contributed by atoms with Crippen LogP contribution < -0.4 is 0 Å². The quantitative estimate of drug-likeness (QED) is 0.711. The zero-order chi connectivity index (χ0) is 17.3. The van der Waals surface area contributed by atoms with Gasteiger partial charge in [-0.05, 0) is 20.0 Å². The molecule has 2 N–H and O–H groups in total. The van der Waals surface area contributed by atoms with Crippen LogP contribution in [0.15, 0.2) is 35.8 Å². The first-order chi connectivity index (χ1) is 11.4. The summed E-state index contributed by atoms with van der Waals surface area (Å²) in [6, 6.07) is 0. The van der Waals surface area contributed by atoms with E-state index in [1.165, 1.54) is 7.11 Å². The highest BCUT2D eigenvalue weighted by Crippen LogP contribution is 2.70. The molecule has 3 aliphatic carbocycles. The number of methoxy groups -OCH3 is 2. The molecule has 1 heterocycles. The third-order valence-corrected chi connectivity index (χ3v) is 6.69. The smallest absolute Gasteiger partial charge is 0.202 e. The van der Waals surface area contributed by atoms with Crippen molar-refractivity contribution < 1.29 is 24.5 Å². The summed E-state index contributed by atoms with van der Waals surface area (Å²) in [4.78, 5) is 15.0. The molecule has 5 atom stereocenters. The first kappa shape index (κ1) is 15.9. The second-order valence-corrected chi connectivity index (χ2v) is 7.25. The van der Waals surface area contributed by atoms with Crippen LogP contribution >= 0.6 is 0 Å². The number of ketones is 1. The zero-order valence-corrected chi connectivity index (χ0v) is 14.2. The summed E-state index contributed by atoms with van der Waals surface area (Å²) in [6.07, 6.45) is 6.54. The van der Waals surface area contributed by atoms with Crippen LogP contribution in [0, 0.1) is 10.8 Å². The number of Topliss-reactive ketones (excluding diaryl/α,β-unsaturated/α-hetero) is 1. The topological polar surface area (TPSA) is 79.2 Å². The van der Waals surface area contributed by atoms with E-state index in [9.17, 15) is 15.0 Å². The van der Waals surface area contributed by atoms with E-state index < -0.39 is 28.6 Å². The molecule has 1 aliphatic heterocycles. The molecular formula is C18H23NO5. The van der Waals surface area contributed by atoms with Gasteiger partial charge in [-0.1, -0.05) is 24.3 Å². The number of nitrogens with zero attached hydrogens (tertiary/aromatic N) is 1. The van der Waals surface area contributed by atoms with Gasteiger partial charge in [0.25, 0.3) is 0 Å². The molecule has 0 radical (unpaired) electrons. The maximum absolute atomic E-state index is 12.8. The Bertz CT molecular complexity index is 698. The molecular weight excluding hydrogens is 310 g/mol. The van der Waals surface area contributed by atoms with Gasteiger partial charge < -0.3 is 19.7 Å². The van der Waals surface area contributed by atoms with Crippen molar-refractivity contribution in [3.63, 3.8) is 0 Å². The van der Waals surface area contributed by atoms with Gasteiger partial charge in [0.15, 0.2) is 5.76 Å². The number of aliphatic hydroxyl groups excluding tert-OH is 2.